The average Bonchev–Trinajstić information content (AvgIpc) is 2.20. The van der Waals surface area contributed by atoms with Crippen molar-refractivity contribution in [3.63, 3.8) is 0 Å². The zero-order valence-electron chi connectivity index (χ0n) is 8.64. The summed E-state index contributed by atoms with van der Waals surface area (Å²) in [6.45, 7) is 1.09. The van der Waals surface area contributed by atoms with Gasteiger partial charge in [-0.2, -0.15) is 0 Å². The Morgan fingerprint density at radius 3 is 2.75 bits per heavy atom. The summed E-state index contributed by atoms with van der Waals surface area (Å²) in [4.78, 5) is -0.521. The molecule has 0 aliphatic carbocycles. The number of anilines is 1. The molecular formula is C9H13FN2O3S. The molecule has 16 heavy (non-hydrogen) atoms. The molecule has 0 bridgehead atoms. The van der Waals surface area contributed by atoms with Gasteiger partial charge in [0.15, 0.2) is 0 Å². The molecule has 0 spiro atoms. The van der Waals surface area contributed by atoms with Crippen molar-refractivity contribution in [1.82, 2.24) is 4.72 Å². The standard InChI is InChI=1S/C9H13FN2O3S/c1-6(5-13)12-16(14,15)9-4-7(11)2-3-8(9)10/h2-4,6,12-13H,5,11H2,1H3/t6-/m1/s1. The Labute approximate surface area is 93.1 Å². The summed E-state index contributed by atoms with van der Waals surface area (Å²) in [7, 11) is -3.99. The average molecular weight is 248 g/mol. The van der Waals surface area contributed by atoms with Crippen LogP contribution in [0.15, 0.2) is 23.1 Å². The zero-order chi connectivity index (χ0) is 12.3. The Morgan fingerprint density at radius 1 is 1.56 bits per heavy atom. The van der Waals surface area contributed by atoms with E-state index in [0.29, 0.717) is 0 Å². The fourth-order valence-electron chi connectivity index (χ4n) is 1.09. The van der Waals surface area contributed by atoms with Crippen LogP contribution in [0.4, 0.5) is 10.1 Å². The number of nitrogen functional groups attached to an aromatic ring is 1. The monoisotopic (exact) mass is 248 g/mol. The molecule has 0 aliphatic rings. The van der Waals surface area contributed by atoms with Crippen LogP contribution in [0, 0.1) is 5.82 Å². The first-order valence-electron chi connectivity index (χ1n) is 4.55. The lowest BCUT2D eigenvalue weighted by atomic mass is 10.3. The molecule has 0 heterocycles. The minimum atomic E-state index is -3.99. The molecule has 0 radical (unpaired) electrons. The molecule has 1 rings (SSSR count). The Balaban J connectivity index is 3.12. The molecule has 0 unspecified atom stereocenters. The van der Waals surface area contributed by atoms with E-state index in [1.807, 2.05) is 0 Å². The maximum atomic E-state index is 13.3. The number of halogens is 1. The molecule has 1 aromatic rings. The smallest absolute Gasteiger partial charge is 0.243 e. The van der Waals surface area contributed by atoms with E-state index < -0.39 is 26.8 Å². The van der Waals surface area contributed by atoms with E-state index in [9.17, 15) is 12.8 Å². The van der Waals surface area contributed by atoms with Crippen molar-refractivity contribution in [2.45, 2.75) is 17.9 Å². The van der Waals surface area contributed by atoms with E-state index in [-0.39, 0.29) is 12.3 Å². The number of nitrogens with one attached hydrogen (secondary N) is 1. The summed E-state index contributed by atoms with van der Waals surface area (Å²) >= 11 is 0. The number of aliphatic hydroxyl groups excluding tert-OH is 1. The van der Waals surface area contributed by atoms with Gasteiger partial charge in [-0.1, -0.05) is 0 Å². The van der Waals surface area contributed by atoms with Gasteiger partial charge in [0.05, 0.1) is 6.61 Å². The zero-order valence-corrected chi connectivity index (χ0v) is 9.46. The van der Waals surface area contributed by atoms with Gasteiger partial charge >= 0.3 is 0 Å². The van der Waals surface area contributed by atoms with Crippen LogP contribution in [0.3, 0.4) is 0 Å². The highest BCUT2D eigenvalue weighted by Gasteiger charge is 2.21. The van der Waals surface area contributed by atoms with Gasteiger partial charge in [0, 0.05) is 11.7 Å². The molecule has 1 aromatic carbocycles. The second-order valence-corrected chi connectivity index (χ2v) is 5.08. The third-order valence-electron chi connectivity index (χ3n) is 1.87. The molecule has 0 fully saturated rings. The normalized spacial score (nSPS) is 13.7. The summed E-state index contributed by atoms with van der Waals surface area (Å²) in [5.74, 6) is -0.883. The minimum Gasteiger partial charge on any atom is -0.399 e. The molecule has 0 saturated heterocycles. The van der Waals surface area contributed by atoms with E-state index in [2.05, 4.69) is 4.72 Å². The van der Waals surface area contributed by atoms with E-state index in [1.54, 1.807) is 0 Å². The van der Waals surface area contributed by atoms with Gasteiger partial charge < -0.3 is 10.8 Å². The van der Waals surface area contributed by atoms with Crippen LogP contribution in [-0.2, 0) is 10.0 Å². The number of hydrogen-bond acceptors (Lipinski definition) is 4. The van der Waals surface area contributed by atoms with Crippen molar-refractivity contribution in [1.29, 1.82) is 0 Å². The summed E-state index contributed by atoms with van der Waals surface area (Å²) in [5.41, 5.74) is 5.53. The fourth-order valence-corrected chi connectivity index (χ4v) is 2.44. The number of nitrogens with two attached hydrogens (primary N) is 1. The van der Waals surface area contributed by atoms with Crippen molar-refractivity contribution < 1.29 is 17.9 Å². The van der Waals surface area contributed by atoms with E-state index in [0.717, 1.165) is 12.1 Å². The van der Waals surface area contributed by atoms with Crippen LogP contribution in [-0.4, -0.2) is 26.2 Å². The molecule has 4 N–H and O–H groups in total. The van der Waals surface area contributed by atoms with E-state index >= 15 is 0 Å². The first-order chi connectivity index (χ1) is 7.36. The SMILES string of the molecule is C[C@H](CO)NS(=O)(=O)c1cc(N)ccc1F. The number of sulfonamides is 1. The minimum absolute atomic E-state index is 0.151. The predicted molar refractivity (Wildman–Crippen MR) is 57.7 cm³/mol. The van der Waals surface area contributed by atoms with Crippen LogP contribution in [0.1, 0.15) is 6.92 Å². The van der Waals surface area contributed by atoms with Gasteiger partial charge in [0.25, 0.3) is 0 Å². The van der Waals surface area contributed by atoms with Crippen molar-refractivity contribution in [2.75, 3.05) is 12.3 Å². The van der Waals surface area contributed by atoms with Crippen LogP contribution in [0.5, 0.6) is 0 Å². The lowest BCUT2D eigenvalue weighted by Gasteiger charge is -2.12. The first-order valence-corrected chi connectivity index (χ1v) is 6.03. The summed E-state index contributed by atoms with van der Waals surface area (Å²) in [6, 6.07) is 2.59. The molecule has 5 nitrogen and oxygen atoms in total. The first kappa shape index (κ1) is 12.9. The van der Waals surface area contributed by atoms with Crippen LogP contribution in [0.2, 0.25) is 0 Å². The van der Waals surface area contributed by atoms with Crippen LogP contribution in [0.25, 0.3) is 0 Å². The van der Waals surface area contributed by atoms with Gasteiger partial charge in [0.2, 0.25) is 10.0 Å². The topological polar surface area (TPSA) is 92.4 Å². The Hall–Kier alpha value is -1.18. The van der Waals surface area contributed by atoms with Gasteiger partial charge in [-0.05, 0) is 25.1 Å². The maximum Gasteiger partial charge on any atom is 0.243 e. The maximum absolute atomic E-state index is 13.3. The number of hydrogen-bond donors (Lipinski definition) is 3. The van der Waals surface area contributed by atoms with Crippen molar-refractivity contribution in [2.24, 2.45) is 0 Å². The molecule has 1 atom stereocenters. The summed E-state index contributed by atoms with van der Waals surface area (Å²) < 4.78 is 38.7. The van der Waals surface area contributed by atoms with Crippen molar-refractivity contribution in [3.05, 3.63) is 24.0 Å². The van der Waals surface area contributed by atoms with Gasteiger partial charge in [-0.3, -0.25) is 0 Å². The highest BCUT2D eigenvalue weighted by molar-refractivity contribution is 7.89. The largest absolute Gasteiger partial charge is 0.399 e. The van der Waals surface area contributed by atoms with Gasteiger partial charge in [0.1, 0.15) is 10.7 Å². The third-order valence-corrected chi connectivity index (χ3v) is 3.48. The highest BCUT2D eigenvalue weighted by Crippen LogP contribution is 2.17. The third kappa shape index (κ3) is 2.91. The molecule has 0 saturated carbocycles. The second-order valence-electron chi connectivity index (χ2n) is 3.39. The number of rotatable bonds is 4. The highest BCUT2D eigenvalue weighted by atomic mass is 32.2. The molecule has 90 valence electrons. The van der Waals surface area contributed by atoms with Crippen LogP contribution >= 0.6 is 0 Å². The van der Waals surface area contributed by atoms with Gasteiger partial charge in [-0.25, -0.2) is 17.5 Å². The molecule has 0 aromatic heterocycles. The van der Waals surface area contributed by atoms with Gasteiger partial charge in [-0.15, -0.1) is 0 Å². The van der Waals surface area contributed by atoms with Crippen molar-refractivity contribution in [3.8, 4) is 0 Å². The molecule has 0 aliphatic heterocycles. The Kier molecular flexibility index (Phi) is 3.84. The molecule has 7 heteroatoms. The lowest BCUT2D eigenvalue weighted by molar-refractivity contribution is 0.265. The predicted octanol–water partition coefficient (Wildman–Crippen LogP) is 0.0670. The molecular weight excluding hydrogens is 235 g/mol. The van der Waals surface area contributed by atoms with Crippen molar-refractivity contribution >= 4 is 15.7 Å². The van der Waals surface area contributed by atoms with Crippen LogP contribution < -0.4 is 10.5 Å². The molecule has 0 amide bonds. The quantitative estimate of drug-likeness (QED) is 0.657. The number of benzene rings is 1. The summed E-state index contributed by atoms with van der Waals surface area (Å²) in [6.07, 6.45) is 0. The van der Waals surface area contributed by atoms with E-state index in [4.69, 9.17) is 10.8 Å². The Morgan fingerprint density at radius 2 is 2.19 bits per heavy atom. The number of aliphatic hydroxyl groups is 1. The fraction of sp³-hybridized carbons (Fsp3) is 0.333. The Bertz CT molecular complexity index is 476. The lowest BCUT2D eigenvalue weighted by Crippen LogP contribution is -2.35. The van der Waals surface area contributed by atoms with E-state index in [1.165, 1.54) is 13.0 Å². The second kappa shape index (κ2) is 4.77. The summed E-state index contributed by atoms with van der Waals surface area (Å²) in [5, 5.41) is 8.72.